The van der Waals surface area contributed by atoms with Crippen molar-refractivity contribution >= 4 is 52.3 Å². The average Bonchev–Trinajstić information content (AvgIpc) is 3.30. The fourth-order valence-corrected chi connectivity index (χ4v) is 4.64. The van der Waals surface area contributed by atoms with Gasteiger partial charge in [-0.1, -0.05) is 24.4 Å². The molecule has 12 heteroatoms. The standard InChI is InChI=1S/C27H30FN5O5S/c1-17(39)30-15-21-16-33(27(37)38-21)20-6-7-23(22(28)14-20)31-10-12-32(13-11-31)25(35)9-8-24(34)18-2-4-19(5-3-18)26(29)36/h2-7,14,21H,8-13,15-16H2,1H3,(H2,29,36)(H,30,39). The average molecular weight is 556 g/mol. The van der Waals surface area contributed by atoms with E-state index in [0.29, 0.717) is 60.2 Å². The van der Waals surface area contributed by atoms with Crippen LogP contribution in [0.1, 0.15) is 40.5 Å². The van der Waals surface area contributed by atoms with Gasteiger partial charge in [-0.3, -0.25) is 19.3 Å². The van der Waals surface area contributed by atoms with E-state index in [1.807, 2.05) is 4.90 Å². The van der Waals surface area contributed by atoms with Gasteiger partial charge in [-0.2, -0.15) is 0 Å². The molecule has 2 fully saturated rings. The number of halogens is 1. The molecule has 1 atom stereocenters. The number of primary amides is 1. The molecule has 4 rings (SSSR count). The topological polar surface area (TPSA) is 125 Å². The Kier molecular flexibility index (Phi) is 8.75. The molecular weight excluding hydrogens is 525 g/mol. The monoisotopic (exact) mass is 555 g/mol. The van der Waals surface area contributed by atoms with Crippen LogP contribution in [0.15, 0.2) is 42.5 Å². The maximum Gasteiger partial charge on any atom is 0.414 e. The van der Waals surface area contributed by atoms with Gasteiger partial charge in [0, 0.05) is 50.1 Å². The van der Waals surface area contributed by atoms with Crippen LogP contribution in [0.3, 0.4) is 0 Å². The first-order valence-electron chi connectivity index (χ1n) is 12.6. The summed E-state index contributed by atoms with van der Waals surface area (Å²) in [6, 6.07) is 10.6. The molecule has 1 unspecified atom stereocenters. The molecule has 0 radical (unpaired) electrons. The SMILES string of the molecule is CC(=S)NCC1CN(c2ccc(N3CCN(C(=O)CCC(=O)c4ccc(C(N)=O)cc4)CC3)c(F)c2)C(=O)O1. The molecule has 2 heterocycles. The van der Waals surface area contributed by atoms with E-state index in [1.54, 1.807) is 24.0 Å². The lowest BCUT2D eigenvalue weighted by Gasteiger charge is -2.36. The van der Waals surface area contributed by atoms with E-state index in [0.717, 1.165) is 0 Å². The van der Waals surface area contributed by atoms with Gasteiger partial charge in [-0.15, -0.1) is 0 Å². The van der Waals surface area contributed by atoms with Crippen LogP contribution < -0.4 is 20.9 Å². The zero-order valence-electron chi connectivity index (χ0n) is 21.5. The maximum absolute atomic E-state index is 15.1. The lowest BCUT2D eigenvalue weighted by atomic mass is 10.0. The maximum atomic E-state index is 15.1. The Balaban J connectivity index is 1.27. The molecule has 2 aromatic carbocycles. The first-order chi connectivity index (χ1) is 18.6. The number of benzene rings is 2. The Labute approximate surface area is 230 Å². The van der Waals surface area contributed by atoms with Crippen molar-refractivity contribution in [3.05, 3.63) is 59.4 Å². The Hall–Kier alpha value is -4.06. The third kappa shape index (κ3) is 6.88. The van der Waals surface area contributed by atoms with E-state index < -0.39 is 17.8 Å². The number of nitrogens with two attached hydrogens (primary N) is 1. The molecule has 0 aliphatic carbocycles. The largest absolute Gasteiger partial charge is 0.442 e. The molecule has 3 amide bonds. The van der Waals surface area contributed by atoms with Crippen molar-refractivity contribution in [2.24, 2.45) is 5.73 Å². The number of rotatable bonds is 9. The highest BCUT2D eigenvalue weighted by Gasteiger charge is 2.33. The second-order valence-corrected chi connectivity index (χ2v) is 10.0. The van der Waals surface area contributed by atoms with E-state index in [-0.39, 0.29) is 37.2 Å². The van der Waals surface area contributed by atoms with Gasteiger partial charge in [0.25, 0.3) is 0 Å². The summed E-state index contributed by atoms with van der Waals surface area (Å²) in [5.41, 5.74) is 6.73. The number of hydrogen-bond acceptors (Lipinski definition) is 7. The normalized spacial score (nSPS) is 17.1. The van der Waals surface area contributed by atoms with Crippen molar-refractivity contribution in [1.29, 1.82) is 0 Å². The minimum atomic E-state index is -0.574. The fraction of sp³-hybridized carbons (Fsp3) is 0.370. The molecule has 2 aromatic rings. The predicted octanol–water partition coefficient (Wildman–Crippen LogP) is 2.50. The van der Waals surface area contributed by atoms with E-state index in [4.69, 9.17) is 22.7 Å². The number of piperazine rings is 1. The second kappa shape index (κ2) is 12.2. The van der Waals surface area contributed by atoms with E-state index in [1.165, 1.54) is 35.2 Å². The molecule has 0 spiro atoms. The molecule has 0 bridgehead atoms. The predicted molar refractivity (Wildman–Crippen MR) is 148 cm³/mol. The number of anilines is 2. The minimum absolute atomic E-state index is 0.0477. The smallest absolute Gasteiger partial charge is 0.414 e. The first kappa shape index (κ1) is 28.0. The number of nitrogens with one attached hydrogen (secondary N) is 1. The number of ketones is 1. The van der Waals surface area contributed by atoms with Crippen LogP contribution in [0.5, 0.6) is 0 Å². The van der Waals surface area contributed by atoms with Crippen LogP contribution in [-0.2, 0) is 9.53 Å². The molecule has 0 aromatic heterocycles. The number of carbonyl (C=O) groups is 4. The van der Waals surface area contributed by atoms with Gasteiger partial charge in [0.05, 0.1) is 29.5 Å². The van der Waals surface area contributed by atoms with Crippen LogP contribution in [0.25, 0.3) is 0 Å². The van der Waals surface area contributed by atoms with Crippen molar-refractivity contribution < 1.29 is 28.3 Å². The van der Waals surface area contributed by atoms with Crippen molar-refractivity contribution in [3.8, 4) is 0 Å². The molecule has 39 heavy (non-hydrogen) atoms. The lowest BCUT2D eigenvalue weighted by Crippen LogP contribution is -2.49. The zero-order valence-corrected chi connectivity index (χ0v) is 22.3. The molecule has 2 saturated heterocycles. The van der Waals surface area contributed by atoms with Crippen molar-refractivity contribution in [3.63, 3.8) is 0 Å². The highest BCUT2D eigenvalue weighted by Crippen LogP contribution is 2.28. The van der Waals surface area contributed by atoms with E-state index in [2.05, 4.69) is 5.32 Å². The Morgan fingerprint density at radius 3 is 2.33 bits per heavy atom. The number of amides is 3. The third-order valence-electron chi connectivity index (χ3n) is 6.73. The van der Waals surface area contributed by atoms with Crippen LogP contribution in [0.4, 0.5) is 20.6 Å². The van der Waals surface area contributed by atoms with Crippen molar-refractivity contribution in [2.45, 2.75) is 25.9 Å². The van der Waals surface area contributed by atoms with Crippen LogP contribution >= 0.6 is 12.2 Å². The van der Waals surface area contributed by atoms with Gasteiger partial charge in [-0.05, 0) is 37.3 Å². The van der Waals surface area contributed by atoms with Gasteiger partial charge in [-0.25, -0.2) is 9.18 Å². The van der Waals surface area contributed by atoms with Gasteiger partial charge in [0.1, 0.15) is 11.9 Å². The molecular formula is C27H30FN5O5S. The summed E-state index contributed by atoms with van der Waals surface area (Å²) >= 11 is 4.98. The van der Waals surface area contributed by atoms with Crippen LogP contribution in [-0.4, -0.2) is 79.0 Å². The number of carbonyl (C=O) groups excluding carboxylic acids is 4. The summed E-state index contributed by atoms with van der Waals surface area (Å²) in [6.07, 6.45) is -0.816. The Morgan fingerprint density at radius 1 is 1.05 bits per heavy atom. The molecule has 0 saturated carbocycles. The number of nitrogens with zero attached hydrogens (tertiary/aromatic N) is 3. The van der Waals surface area contributed by atoms with E-state index in [9.17, 15) is 19.2 Å². The Bertz CT molecular complexity index is 1280. The lowest BCUT2D eigenvalue weighted by molar-refractivity contribution is -0.131. The number of Topliss-reactive ketones (excluding diaryl/α,β-unsaturated/α-hetero) is 1. The number of thiocarbonyl (C=S) groups is 1. The third-order valence-corrected chi connectivity index (χ3v) is 6.87. The van der Waals surface area contributed by atoms with Gasteiger partial charge >= 0.3 is 6.09 Å². The first-order valence-corrected chi connectivity index (χ1v) is 13.0. The quantitative estimate of drug-likeness (QED) is 0.357. The number of ether oxygens (including phenoxy) is 1. The fourth-order valence-electron chi connectivity index (χ4n) is 4.56. The van der Waals surface area contributed by atoms with Gasteiger partial charge < -0.3 is 25.6 Å². The highest BCUT2D eigenvalue weighted by molar-refractivity contribution is 7.80. The molecule has 2 aliphatic heterocycles. The minimum Gasteiger partial charge on any atom is -0.442 e. The molecule has 3 N–H and O–H groups in total. The van der Waals surface area contributed by atoms with E-state index >= 15 is 4.39 Å². The van der Waals surface area contributed by atoms with Crippen LogP contribution in [0, 0.1) is 5.82 Å². The summed E-state index contributed by atoms with van der Waals surface area (Å²) < 4.78 is 20.4. The summed E-state index contributed by atoms with van der Waals surface area (Å²) in [5, 5.41) is 2.97. The highest BCUT2D eigenvalue weighted by atomic mass is 32.1. The number of cyclic esters (lactones) is 1. The summed E-state index contributed by atoms with van der Waals surface area (Å²) in [4.78, 5) is 54.1. The summed E-state index contributed by atoms with van der Waals surface area (Å²) in [7, 11) is 0. The second-order valence-electron chi connectivity index (χ2n) is 9.42. The van der Waals surface area contributed by atoms with Crippen molar-refractivity contribution in [2.75, 3.05) is 49.1 Å². The number of hydrogen-bond donors (Lipinski definition) is 2. The summed E-state index contributed by atoms with van der Waals surface area (Å²) in [6.45, 7) is 4.07. The van der Waals surface area contributed by atoms with Gasteiger partial charge in [0.2, 0.25) is 11.8 Å². The molecule has 2 aliphatic rings. The van der Waals surface area contributed by atoms with Gasteiger partial charge in [0.15, 0.2) is 5.78 Å². The van der Waals surface area contributed by atoms with Crippen LogP contribution in [0.2, 0.25) is 0 Å². The molecule has 10 nitrogen and oxygen atoms in total. The summed E-state index contributed by atoms with van der Waals surface area (Å²) in [5.74, 6) is -1.38. The molecule has 206 valence electrons. The Morgan fingerprint density at radius 2 is 1.72 bits per heavy atom. The zero-order chi connectivity index (χ0) is 28.1. The van der Waals surface area contributed by atoms with Crippen molar-refractivity contribution in [1.82, 2.24) is 10.2 Å².